The van der Waals surface area contributed by atoms with Gasteiger partial charge in [-0.1, -0.05) is 30.7 Å². The first kappa shape index (κ1) is 14.1. The van der Waals surface area contributed by atoms with Crippen LogP contribution in [0.1, 0.15) is 37.6 Å². The molecule has 1 unspecified atom stereocenters. The Morgan fingerprint density at radius 3 is 2.58 bits per heavy atom. The van der Waals surface area contributed by atoms with E-state index in [1.807, 2.05) is 23.0 Å². The Kier molecular flexibility index (Phi) is 5.00. The van der Waals surface area contributed by atoms with Crippen LogP contribution in [-0.4, -0.2) is 9.78 Å². The second-order valence-corrected chi connectivity index (χ2v) is 4.97. The van der Waals surface area contributed by atoms with Crippen LogP contribution in [-0.2, 0) is 13.1 Å². The maximum absolute atomic E-state index is 5.93. The second-order valence-electron chi connectivity index (χ2n) is 4.53. The van der Waals surface area contributed by atoms with E-state index in [0.717, 1.165) is 24.5 Å². The number of rotatable bonds is 6. The van der Waals surface area contributed by atoms with E-state index < -0.39 is 0 Å². The van der Waals surface area contributed by atoms with Gasteiger partial charge in [0.2, 0.25) is 0 Å². The lowest BCUT2D eigenvalue weighted by Crippen LogP contribution is -2.22. The summed E-state index contributed by atoms with van der Waals surface area (Å²) < 4.78 is 2.02. The fraction of sp³-hybridized carbons (Fsp3) is 0.400. The van der Waals surface area contributed by atoms with Crippen LogP contribution in [0.3, 0.4) is 0 Å². The van der Waals surface area contributed by atoms with Gasteiger partial charge in [0.15, 0.2) is 0 Å². The SMILES string of the molecule is CCC(NCc1ccnn1CC)c1ccc(Cl)cc1. The Labute approximate surface area is 119 Å². The highest BCUT2D eigenvalue weighted by molar-refractivity contribution is 6.30. The zero-order valence-electron chi connectivity index (χ0n) is 11.4. The van der Waals surface area contributed by atoms with Gasteiger partial charge in [0.1, 0.15) is 0 Å². The van der Waals surface area contributed by atoms with E-state index in [1.54, 1.807) is 0 Å². The molecule has 0 saturated heterocycles. The smallest absolute Gasteiger partial charge is 0.0522 e. The Balaban J connectivity index is 2.01. The highest BCUT2D eigenvalue weighted by atomic mass is 35.5. The molecule has 0 bridgehead atoms. The lowest BCUT2D eigenvalue weighted by molar-refractivity contribution is 0.494. The third kappa shape index (κ3) is 3.58. The molecule has 3 nitrogen and oxygen atoms in total. The number of aryl methyl sites for hydroxylation is 1. The van der Waals surface area contributed by atoms with Gasteiger partial charge in [-0.3, -0.25) is 4.68 Å². The molecule has 0 fully saturated rings. The molecule has 2 rings (SSSR count). The predicted octanol–water partition coefficient (Wildman–Crippen LogP) is 3.80. The molecule has 0 saturated carbocycles. The van der Waals surface area contributed by atoms with Crippen molar-refractivity contribution < 1.29 is 0 Å². The van der Waals surface area contributed by atoms with Crippen molar-refractivity contribution in [2.75, 3.05) is 0 Å². The van der Waals surface area contributed by atoms with Gasteiger partial charge >= 0.3 is 0 Å². The van der Waals surface area contributed by atoms with Gasteiger partial charge in [-0.15, -0.1) is 0 Å². The third-order valence-corrected chi connectivity index (χ3v) is 3.57. The molecule has 1 aromatic carbocycles. The highest BCUT2D eigenvalue weighted by Gasteiger charge is 2.09. The molecule has 1 N–H and O–H groups in total. The summed E-state index contributed by atoms with van der Waals surface area (Å²) in [6, 6.07) is 10.5. The largest absolute Gasteiger partial charge is 0.304 e. The average molecular weight is 278 g/mol. The van der Waals surface area contributed by atoms with Crippen LogP contribution in [0.25, 0.3) is 0 Å². The van der Waals surface area contributed by atoms with Crippen molar-refractivity contribution in [3.63, 3.8) is 0 Å². The van der Waals surface area contributed by atoms with Gasteiger partial charge < -0.3 is 5.32 Å². The molecule has 1 heterocycles. The number of hydrogen-bond donors (Lipinski definition) is 1. The fourth-order valence-corrected chi connectivity index (χ4v) is 2.34. The summed E-state index contributed by atoms with van der Waals surface area (Å²) in [5.74, 6) is 0. The number of benzene rings is 1. The highest BCUT2D eigenvalue weighted by Crippen LogP contribution is 2.19. The van der Waals surface area contributed by atoms with Crippen LogP contribution in [0, 0.1) is 0 Å². The first-order valence-electron chi connectivity index (χ1n) is 6.74. The van der Waals surface area contributed by atoms with Crippen LogP contribution in [0.2, 0.25) is 5.02 Å². The molecule has 0 spiro atoms. The topological polar surface area (TPSA) is 29.9 Å². The molecule has 2 aromatic rings. The van der Waals surface area contributed by atoms with E-state index in [-0.39, 0.29) is 0 Å². The van der Waals surface area contributed by atoms with Crippen molar-refractivity contribution in [3.05, 3.63) is 52.8 Å². The minimum atomic E-state index is 0.345. The maximum Gasteiger partial charge on any atom is 0.0522 e. The number of nitrogens with one attached hydrogen (secondary N) is 1. The van der Waals surface area contributed by atoms with Crippen molar-refractivity contribution in [1.82, 2.24) is 15.1 Å². The van der Waals surface area contributed by atoms with E-state index in [2.05, 4.69) is 42.5 Å². The van der Waals surface area contributed by atoms with E-state index >= 15 is 0 Å². The van der Waals surface area contributed by atoms with E-state index in [4.69, 9.17) is 11.6 Å². The molecule has 19 heavy (non-hydrogen) atoms. The minimum absolute atomic E-state index is 0.345. The summed E-state index contributed by atoms with van der Waals surface area (Å²) in [5.41, 5.74) is 2.49. The average Bonchev–Trinajstić information content (AvgIpc) is 2.89. The van der Waals surface area contributed by atoms with Crippen molar-refractivity contribution >= 4 is 11.6 Å². The third-order valence-electron chi connectivity index (χ3n) is 3.31. The Morgan fingerprint density at radius 1 is 1.21 bits per heavy atom. The van der Waals surface area contributed by atoms with Crippen molar-refractivity contribution in [2.24, 2.45) is 0 Å². The molecular formula is C15H20ClN3. The van der Waals surface area contributed by atoms with E-state index in [1.165, 1.54) is 11.3 Å². The molecule has 1 atom stereocenters. The number of aromatic nitrogens is 2. The molecular weight excluding hydrogens is 258 g/mol. The number of halogens is 1. The van der Waals surface area contributed by atoms with Crippen LogP contribution in [0.15, 0.2) is 36.5 Å². The lowest BCUT2D eigenvalue weighted by Gasteiger charge is -2.18. The quantitative estimate of drug-likeness (QED) is 0.870. The van der Waals surface area contributed by atoms with Gasteiger partial charge in [0.05, 0.1) is 5.69 Å². The monoisotopic (exact) mass is 277 g/mol. The summed E-state index contributed by atoms with van der Waals surface area (Å²) in [6.45, 7) is 6.02. The zero-order chi connectivity index (χ0) is 13.7. The van der Waals surface area contributed by atoms with E-state index in [9.17, 15) is 0 Å². The summed E-state index contributed by atoms with van der Waals surface area (Å²) >= 11 is 5.93. The molecule has 102 valence electrons. The summed E-state index contributed by atoms with van der Waals surface area (Å²) in [7, 11) is 0. The Bertz CT molecular complexity index is 504. The first-order chi connectivity index (χ1) is 9.24. The molecule has 4 heteroatoms. The van der Waals surface area contributed by atoms with Crippen molar-refractivity contribution in [1.29, 1.82) is 0 Å². The Hall–Kier alpha value is -1.32. The summed E-state index contributed by atoms with van der Waals surface area (Å²) in [6.07, 6.45) is 2.89. The molecule has 0 aliphatic carbocycles. The van der Waals surface area contributed by atoms with Gasteiger partial charge in [0.25, 0.3) is 0 Å². The Morgan fingerprint density at radius 2 is 1.95 bits per heavy atom. The summed E-state index contributed by atoms with van der Waals surface area (Å²) in [4.78, 5) is 0. The van der Waals surface area contributed by atoms with Crippen LogP contribution in [0.4, 0.5) is 0 Å². The zero-order valence-corrected chi connectivity index (χ0v) is 12.2. The van der Waals surface area contributed by atoms with Gasteiger partial charge in [-0.25, -0.2) is 0 Å². The molecule has 0 aliphatic heterocycles. The number of hydrogen-bond acceptors (Lipinski definition) is 2. The minimum Gasteiger partial charge on any atom is -0.304 e. The maximum atomic E-state index is 5.93. The first-order valence-corrected chi connectivity index (χ1v) is 7.12. The molecule has 0 radical (unpaired) electrons. The standard InChI is InChI=1S/C15H20ClN3/c1-3-15(12-5-7-13(16)8-6-12)17-11-14-9-10-18-19(14)4-2/h5-10,15,17H,3-4,11H2,1-2H3. The summed E-state index contributed by atoms with van der Waals surface area (Å²) in [5, 5.41) is 8.64. The fourth-order valence-electron chi connectivity index (χ4n) is 2.22. The normalized spacial score (nSPS) is 12.6. The van der Waals surface area contributed by atoms with Crippen LogP contribution < -0.4 is 5.32 Å². The molecule has 0 aliphatic rings. The lowest BCUT2D eigenvalue weighted by atomic mass is 10.0. The van der Waals surface area contributed by atoms with Gasteiger partial charge in [-0.2, -0.15) is 5.10 Å². The second kappa shape index (κ2) is 6.73. The van der Waals surface area contributed by atoms with Crippen LogP contribution in [0.5, 0.6) is 0 Å². The number of nitrogens with zero attached hydrogens (tertiary/aromatic N) is 2. The van der Waals surface area contributed by atoms with Gasteiger partial charge in [-0.05, 0) is 37.1 Å². The molecule has 1 aromatic heterocycles. The van der Waals surface area contributed by atoms with Crippen molar-refractivity contribution in [2.45, 2.75) is 39.4 Å². The molecule has 0 amide bonds. The van der Waals surface area contributed by atoms with Crippen LogP contribution >= 0.6 is 11.6 Å². The predicted molar refractivity (Wildman–Crippen MR) is 79.2 cm³/mol. The van der Waals surface area contributed by atoms with Gasteiger partial charge in [0, 0.05) is 30.4 Å². The van der Waals surface area contributed by atoms with Crippen molar-refractivity contribution in [3.8, 4) is 0 Å². The van der Waals surface area contributed by atoms with E-state index in [0.29, 0.717) is 6.04 Å².